The zero-order chi connectivity index (χ0) is 27.3. The number of hydrogen-bond acceptors (Lipinski definition) is 4. The zero-order valence-electron chi connectivity index (χ0n) is 18.6. The summed E-state index contributed by atoms with van der Waals surface area (Å²) in [5.41, 5.74) is 0.800. The van der Waals surface area contributed by atoms with E-state index in [4.69, 9.17) is 20.4 Å². The molecule has 0 amide bonds. The Hall–Kier alpha value is -4.41. The first-order chi connectivity index (χ1) is 16.8. The van der Waals surface area contributed by atoms with Crippen molar-refractivity contribution in [1.29, 1.82) is 0 Å². The molecule has 7 nitrogen and oxygen atoms in total. The molecule has 36 heavy (non-hydrogen) atoms. The molecule has 0 aliphatic carbocycles. The molecule has 192 valence electrons. The number of aliphatic carboxylic acids is 3. The van der Waals surface area contributed by atoms with Crippen LogP contribution in [-0.4, -0.2) is 38.3 Å². The van der Waals surface area contributed by atoms with E-state index >= 15 is 0 Å². The highest BCUT2D eigenvalue weighted by Gasteiger charge is 2.29. The van der Waals surface area contributed by atoms with Crippen LogP contribution in [0.25, 0.3) is 0 Å². The number of halogens is 4. The number of carbonyl (C=O) groups is 3. The van der Waals surface area contributed by atoms with Gasteiger partial charge in [-0.3, -0.25) is 14.4 Å². The third-order valence-corrected chi connectivity index (χ3v) is 4.17. The maximum atomic E-state index is 12.3. The van der Waals surface area contributed by atoms with Gasteiger partial charge in [-0.05, 0) is 53.1 Å². The number of alkyl halides is 3. The maximum absolute atomic E-state index is 12.3. The summed E-state index contributed by atoms with van der Waals surface area (Å²) in [5, 5.41) is 34.0. The van der Waals surface area contributed by atoms with E-state index in [2.05, 4.69) is 0 Å². The smallest absolute Gasteiger partial charge is 0.416 e. The van der Waals surface area contributed by atoms with Gasteiger partial charge in [-0.25, -0.2) is 4.39 Å². The lowest BCUT2D eigenvalue weighted by Crippen LogP contribution is -2.05. The number of rotatable bonds is 6. The molecule has 0 bridgehead atoms. The summed E-state index contributed by atoms with van der Waals surface area (Å²) in [4.78, 5) is 30.6. The highest BCUT2D eigenvalue weighted by atomic mass is 19.4. The number of benzene rings is 3. The lowest BCUT2D eigenvalue weighted by Gasteiger charge is -2.06. The van der Waals surface area contributed by atoms with Crippen LogP contribution in [-0.2, 0) is 39.8 Å². The average molecular weight is 510 g/mol. The fourth-order valence-corrected chi connectivity index (χ4v) is 2.60. The van der Waals surface area contributed by atoms with Gasteiger partial charge < -0.3 is 20.4 Å². The molecule has 0 heterocycles. The summed E-state index contributed by atoms with van der Waals surface area (Å²) in [5.74, 6) is -3.11. The Balaban J connectivity index is 0.000000273. The van der Waals surface area contributed by atoms with Gasteiger partial charge in [-0.15, -0.1) is 0 Å². The summed E-state index contributed by atoms with van der Waals surface area (Å²) in [6.07, 6.45) is -4.74. The summed E-state index contributed by atoms with van der Waals surface area (Å²) in [7, 11) is 0. The molecule has 3 aromatic rings. The van der Waals surface area contributed by atoms with Crippen LogP contribution in [0.2, 0.25) is 0 Å². The van der Waals surface area contributed by atoms with Gasteiger partial charge in [-0.2, -0.15) is 13.2 Å². The van der Waals surface area contributed by atoms with Crippen LogP contribution in [0.15, 0.2) is 72.8 Å². The average Bonchev–Trinajstić information content (AvgIpc) is 2.75. The van der Waals surface area contributed by atoms with Crippen molar-refractivity contribution in [3.8, 4) is 5.75 Å². The first-order valence-corrected chi connectivity index (χ1v) is 10.1. The van der Waals surface area contributed by atoms with Gasteiger partial charge in [0.05, 0.1) is 24.8 Å². The zero-order valence-corrected chi connectivity index (χ0v) is 18.6. The van der Waals surface area contributed by atoms with Crippen LogP contribution >= 0.6 is 0 Å². The predicted molar refractivity (Wildman–Crippen MR) is 120 cm³/mol. The number of carboxylic acids is 3. The van der Waals surface area contributed by atoms with Crippen molar-refractivity contribution in [2.45, 2.75) is 25.4 Å². The second-order valence-electron chi connectivity index (χ2n) is 7.20. The van der Waals surface area contributed by atoms with Crippen molar-refractivity contribution in [2.24, 2.45) is 0 Å². The van der Waals surface area contributed by atoms with Crippen molar-refractivity contribution >= 4 is 17.9 Å². The van der Waals surface area contributed by atoms with Gasteiger partial charge in [-0.1, -0.05) is 36.4 Å². The van der Waals surface area contributed by atoms with Gasteiger partial charge in [0.2, 0.25) is 0 Å². The number of phenols is 1. The Morgan fingerprint density at radius 3 is 1.44 bits per heavy atom. The molecule has 0 fully saturated rings. The van der Waals surface area contributed by atoms with Gasteiger partial charge in [0.25, 0.3) is 0 Å². The standard InChI is InChI=1S/C9H7F3O2.C8H7FO2.C8H8O3/c10-9(11,12)7-3-1-6(2-4-7)5-8(13)14;9-7-3-1-6(2-4-7)5-8(10)11;9-7-3-1-2-6(4-7)5-8(10)11/h1-4H,5H2,(H,13,14);1-4H,5H2,(H,10,11);1-4,9H,5H2,(H,10,11). The lowest BCUT2D eigenvalue weighted by atomic mass is 10.1. The van der Waals surface area contributed by atoms with Gasteiger partial charge in [0.1, 0.15) is 11.6 Å². The molecule has 0 saturated heterocycles. The minimum Gasteiger partial charge on any atom is -0.508 e. The summed E-state index contributed by atoms with van der Waals surface area (Å²) in [6, 6.07) is 15.7. The minimum absolute atomic E-state index is 0.0472. The Morgan fingerprint density at radius 2 is 1.06 bits per heavy atom. The van der Waals surface area contributed by atoms with E-state index in [1.54, 1.807) is 12.1 Å². The van der Waals surface area contributed by atoms with Gasteiger partial charge >= 0.3 is 24.1 Å². The van der Waals surface area contributed by atoms with Crippen LogP contribution in [0.1, 0.15) is 22.3 Å². The molecule has 0 unspecified atom stereocenters. The van der Waals surface area contributed by atoms with Gasteiger partial charge in [0, 0.05) is 0 Å². The number of aromatic hydroxyl groups is 1. The minimum atomic E-state index is -4.37. The van der Waals surface area contributed by atoms with E-state index in [-0.39, 0.29) is 30.8 Å². The monoisotopic (exact) mass is 510 g/mol. The normalized spacial score (nSPS) is 10.2. The fourth-order valence-electron chi connectivity index (χ4n) is 2.60. The number of hydrogen-bond donors (Lipinski definition) is 4. The molecule has 3 aromatic carbocycles. The van der Waals surface area contributed by atoms with Crippen molar-refractivity contribution in [2.75, 3.05) is 0 Å². The van der Waals surface area contributed by atoms with Crippen LogP contribution in [0.5, 0.6) is 5.75 Å². The lowest BCUT2D eigenvalue weighted by molar-refractivity contribution is -0.138. The van der Waals surface area contributed by atoms with E-state index in [0.29, 0.717) is 16.7 Å². The number of carboxylic acid groups (broad SMARTS) is 3. The third-order valence-electron chi connectivity index (χ3n) is 4.17. The summed E-state index contributed by atoms with van der Waals surface area (Å²) < 4.78 is 48.5. The predicted octanol–water partition coefficient (Wildman–Crippen LogP) is 4.80. The molecule has 0 saturated carbocycles. The van der Waals surface area contributed by atoms with Crippen LogP contribution in [0.3, 0.4) is 0 Å². The quantitative estimate of drug-likeness (QED) is 0.350. The van der Waals surface area contributed by atoms with Crippen LogP contribution < -0.4 is 0 Å². The highest BCUT2D eigenvalue weighted by molar-refractivity contribution is 5.71. The largest absolute Gasteiger partial charge is 0.508 e. The Labute approximate surface area is 202 Å². The highest BCUT2D eigenvalue weighted by Crippen LogP contribution is 2.29. The molecule has 4 N–H and O–H groups in total. The molecule has 11 heteroatoms. The topological polar surface area (TPSA) is 132 Å². The Morgan fingerprint density at radius 1 is 0.639 bits per heavy atom. The number of phenolic OH excluding ortho intramolecular Hbond substituents is 1. The van der Waals surface area contributed by atoms with Crippen molar-refractivity contribution in [3.05, 3.63) is 101 Å². The molecule has 0 aliphatic heterocycles. The molecular weight excluding hydrogens is 488 g/mol. The Kier molecular flexibility index (Phi) is 11.6. The Bertz CT molecular complexity index is 1140. The molecule has 0 aromatic heterocycles. The van der Waals surface area contributed by atoms with Crippen LogP contribution in [0.4, 0.5) is 17.6 Å². The van der Waals surface area contributed by atoms with Crippen molar-refractivity contribution < 1.29 is 52.4 Å². The van der Waals surface area contributed by atoms with Gasteiger partial charge in [0.15, 0.2) is 0 Å². The summed E-state index contributed by atoms with van der Waals surface area (Å²) >= 11 is 0. The first-order valence-electron chi connectivity index (χ1n) is 10.1. The van der Waals surface area contributed by atoms with E-state index < -0.39 is 29.6 Å². The van der Waals surface area contributed by atoms with E-state index in [1.807, 2.05) is 0 Å². The van der Waals surface area contributed by atoms with Crippen molar-refractivity contribution in [3.63, 3.8) is 0 Å². The second kappa shape index (κ2) is 14.1. The summed E-state index contributed by atoms with van der Waals surface area (Å²) in [6.45, 7) is 0. The molecule has 0 atom stereocenters. The van der Waals surface area contributed by atoms with Crippen LogP contribution in [0, 0.1) is 5.82 Å². The second-order valence-corrected chi connectivity index (χ2v) is 7.20. The molecular formula is C25H22F4O7. The van der Waals surface area contributed by atoms with Crippen molar-refractivity contribution in [1.82, 2.24) is 0 Å². The first kappa shape index (κ1) is 29.6. The third kappa shape index (κ3) is 12.7. The molecule has 0 spiro atoms. The molecule has 0 radical (unpaired) electrons. The molecule has 3 rings (SSSR count). The fraction of sp³-hybridized carbons (Fsp3) is 0.160. The SMILES string of the molecule is O=C(O)Cc1ccc(C(F)(F)F)cc1.O=C(O)Cc1ccc(F)cc1.O=C(O)Cc1cccc(O)c1. The van der Waals surface area contributed by atoms with E-state index in [0.717, 1.165) is 24.3 Å². The van der Waals surface area contributed by atoms with E-state index in [1.165, 1.54) is 36.4 Å². The van der Waals surface area contributed by atoms with E-state index in [9.17, 15) is 31.9 Å². The maximum Gasteiger partial charge on any atom is 0.416 e. The molecule has 0 aliphatic rings.